The fraction of sp³-hybridized carbons (Fsp3) is 0.407. The number of nitrogens with one attached hydrogen (secondary N) is 1. The van der Waals surface area contributed by atoms with Crippen LogP contribution in [0.4, 0.5) is 4.39 Å². The van der Waals surface area contributed by atoms with Crippen molar-refractivity contribution in [2.24, 2.45) is 7.05 Å². The number of imide groups is 1. The van der Waals surface area contributed by atoms with Crippen LogP contribution in [-0.2, 0) is 45.7 Å². The first kappa shape index (κ1) is 49.2. The molecule has 17 heteroatoms. The van der Waals surface area contributed by atoms with Gasteiger partial charge in [0.15, 0.2) is 6.10 Å². The number of ether oxygens (including phenoxy) is 3. The van der Waals surface area contributed by atoms with Crippen LogP contribution in [0.25, 0.3) is 32.8 Å². The molecule has 0 radical (unpaired) electrons. The second kappa shape index (κ2) is 19.8. The summed E-state index contributed by atoms with van der Waals surface area (Å²) in [6.07, 6.45) is 0.558. The van der Waals surface area contributed by atoms with Gasteiger partial charge in [0.05, 0.1) is 29.4 Å². The molecule has 3 aliphatic heterocycles. The van der Waals surface area contributed by atoms with E-state index < -0.39 is 29.6 Å². The van der Waals surface area contributed by atoms with E-state index in [4.69, 9.17) is 30.9 Å². The quantitative estimate of drug-likeness (QED) is 0.0646. The van der Waals surface area contributed by atoms with Gasteiger partial charge in [-0.15, -0.1) is 0 Å². The van der Waals surface area contributed by atoms with Gasteiger partial charge in [-0.2, -0.15) is 5.10 Å². The number of hydrogen-bond donors (Lipinski definition) is 1. The maximum absolute atomic E-state index is 14.7. The molecule has 15 nitrogen and oxygen atoms in total. The number of aryl methyl sites for hydroxylation is 3. The van der Waals surface area contributed by atoms with Crippen molar-refractivity contribution >= 4 is 62.9 Å². The van der Waals surface area contributed by atoms with E-state index in [1.165, 1.54) is 17.0 Å². The van der Waals surface area contributed by atoms with Crippen LogP contribution in [0.15, 0.2) is 66.7 Å². The van der Waals surface area contributed by atoms with E-state index in [1.54, 1.807) is 36.1 Å². The summed E-state index contributed by atoms with van der Waals surface area (Å²) in [5.74, 6) is -1.09. The van der Waals surface area contributed by atoms with Crippen LogP contribution < -0.4 is 14.8 Å². The number of piperazine rings is 1. The smallest absolute Gasteiger partial charge is 0.355 e. The Kier molecular flexibility index (Phi) is 13.7. The highest BCUT2D eigenvalue weighted by Crippen LogP contribution is 2.43. The number of halogens is 2. The topological polar surface area (TPSA) is 158 Å². The summed E-state index contributed by atoms with van der Waals surface area (Å²) in [5.41, 5.74) is 5.67. The van der Waals surface area contributed by atoms with E-state index >= 15 is 0 Å². The molecule has 0 saturated carbocycles. The lowest BCUT2D eigenvalue weighted by atomic mass is 9.98. The lowest BCUT2D eigenvalue weighted by Gasteiger charge is -2.36. The third-order valence-corrected chi connectivity index (χ3v) is 14.1. The van der Waals surface area contributed by atoms with E-state index in [-0.39, 0.29) is 42.9 Å². The summed E-state index contributed by atoms with van der Waals surface area (Å²) in [4.78, 5) is 72.0. The molecule has 372 valence electrons. The molecule has 4 aromatic carbocycles. The molecular weight excluding hydrogens is 929 g/mol. The molecule has 71 heavy (non-hydrogen) atoms. The average molecular weight is 989 g/mol. The first-order chi connectivity index (χ1) is 33.9. The van der Waals surface area contributed by atoms with Crippen LogP contribution in [0.5, 0.6) is 11.5 Å². The van der Waals surface area contributed by atoms with Gasteiger partial charge >= 0.3 is 5.97 Å². The van der Waals surface area contributed by atoms with Crippen LogP contribution in [-0.4, -0.2) is 116 Å². The second-order valence-corrected chi connectivity index (χ2v) is 20.1. The maximum Gasteiger partial charge on any atom is 0.355 e. The Morgan fingerprint density at radius 1 is 0.930 bits per heavy atom. The molecule has 4 amide bonds. The minimum atomic E-state index is -0.863. The molecule has 2 atom stereocenters. The minimum absolute atomic E-state index is 0.129. The van der Waals surface area contributed by atoms with Gasteiger partial charge in [-0.25, -0.2) is 9.18 Å². The summed E-state index contributed by atoms with van der Waals surface area (Å²) in [5, 5.41) is 10.0. The van der Waals surface area contributed by atoms with Crippen LogP contribution in [0.3, 0.4) is 0 Å². The van der Waals surface area contributed by atoms with Crippen LogP contribution in [0.2, 0.25) is 5.02 Å². The Bertz CT molecular complexity index is 3110. The number of nitrogens with zero attached hydrogens (tertiary/aromatic N) is 6. The fourth-order valence-corrected chi connectivity index (χ4v) is 10.5. The third kappa shape index (κ3) is 9.83. The van der Waals surface area contributed by atoms with E-state index in [2.05, 4.69) is 14.8 Å². The molecule has 0 aliphatic carbocycles. The Labute approximate surface area is 416 Å². The third-order valence-electron chi connectivity index (χ3n) is 13.8. The molecular formula is C54H59ClFN7O8. The zero-order valence-corrected chi connectivity index (χ0v) is 42.0. The summed E-state index contributed by atoms with van der Waals surface area (Å²) < 4.78 is 36.7. The van der Waals surface area contributed by atoms with Crippen LogP contribution >= 0.6 is 11.6 Å². The monoisotopic (exact) mass is 987 g/mol. The molecule has 2 fully saturated rings. The molecule has 1 N–H and O–H groups in total. The number of piperidine rings is 1. The van der Waals surface area contributed by atoms with Gasteiger partial charge in [-0.05, 0) is 114 Å². The van der Waals surface area contributed by atoms with Crippen molar-refractivity contribution in [1.29, 1.82) is 0 Å². The Morgan fingerprint density at radius 2 is 1.66 bits per heavy atom. The van der Waals surface area contributed by atoms with Gasteiger partial charge in [0, 0.05) is 91.5 Å². The number of benzene rings is 4. The predicted octanol–water partition coefficient (Wildman–Crippen LogP) is 7.94. The summed E-state index contributed by atoms with van der Waals surface area (Å²) in [7, 11) is 1.90. The number of amides is 4. The lowest BCUT2D eigenvalue weighted by Crippen LogP contribution is -2.52. The second-order valence-electron chi connectivity index (χ2n) is 19.7. The Hall–Kier alpha value is -6.78. The highest BCUT2D eigenvalue weighted by atomic mass is 35.5. The predicted molar refractivity (Wildman–Crippen MR) is 267 cm³/mol. The highest BCUT2D eigenvalue weighted by molar-refractivity contribution is 6.35. The first-order valence-corrected chi connectivity index (χ1v) is 24.6. The first-order valence-electron chi connectivity index (χ1n) is 24.2. The van der Waals surface area contributed by atoms with Crippen molar-refractivity contribution in [1.82, 2.24) is 34.4 Å². The molecule has 1 unspecified atom stereocenters. The van der Waals surface area contributed by atoms with Gasteiger partial charge in [0.2, 0.25) is 11.8 Å². The van der Waals surface area contributed by atoms with Gasteiger partial charge in [0.1, 0.15) is 34.7 Å². The maximum atomic E-state index is 14.7. The molecule has 0 bridgehead atoms. The summed E-state index contributed by atoms with van der Waals surface area (Å²) in [6, 6.07) is 18.4. The fourth-order valence-electron chi connectivity index (χ4n) is 10.3. The number of rotatable bonds is 14. The van der Waals surface area contributed by atoms with Crippen molar-refractivity contribution in [3.63, 3.8) is 0 Å². The van der Waals surface area contributed by atoms with Gasteiger partial charge in [-0.3, -0.25) is 34.1 Å². The Balaban J connectivity index is 0.946. The molecule has 3 aliphatic rings. The van der Waals surface area contributed by atoms with E-state index in [0.717, 1.165) is 49.8 Å². The van der Waals surface area contributed by atoms with Crippen LogP contribution in [0, 0.1) is 19.7 Å². The minimum Gasteiger partial charge on any atom is -0.493 e. The van der Waals surface area contributed by atoms with Crippen molar-refractivity contribution in [2.45, 2.75) is 98.1 Å². The van der Waals surface area contributed by atoms with E-state index in [1.807, 2.05) is 76.7 Å². The van der Waals surface area contributed by atoms with Crippen molar-refractivity contribution in [3.8, 4) is 22.6 Å². The molecule has 0 spiro atoms. The number of esters is 1. The lowest BCUT2D eigenvalue weighted by molar-refractivity contribution is -0.140. The number of carbonyl (C=O) groups is 5. The molecule has 2 saturated heterocycles. The van der Waals surface area contributed by atoms with Crippen molar-refractivity contribution < 1.29 is 42.6 Å². The van der Waals surface area contributed by atoms with E-state index in [9.17, 15) is 28.4 Å². The standard InChI is InChI=1S/C54H59ClFN7O8/c1-31-46(32(2)59(7)58-31)47-41(55)19-18-38-37(13-10-28-69-43-14-8-11-34-29-35(56)16-17-36(34)43)49(53(68)71-54(4,5)6)62(48(38)47)27-24-60-22-25-61(26-23-60)51(66)33(3)70-44-15-9-12-39-40(44)30-63(52(39)67)42-20-21-45(64)57-50(42)65/h8-9,11-12,14-19,29,33,42H,10,13,20-28,30H2,1-7H3,(H,57,64,65)/t33?,42-/m1/s1. The van der Waals surface area contributed by atoms with Crippen molar-refractivity contribution in [2.75, 3.05) is 39.3 Å². The van der Waals surface area contributed by atoms with Crippen LogP contribution in [0.1, 0.15) is 90.3 Å². The average Bonchev–Trinajstić information content (AvgIpc) is 3.92. The van der Waals surface area contributed by atoms with Gasteiger partial charge in [-0.1, -0.05) is 35.9 Å². The number of fused-ring (bicyclic) bond motifs is 3. The zero-order valence-electron chi connectivity index (χ0n) is 41.2. The molecule has 9 rings (SSSR count). The molecule has 5 heterocycles. The molecule has 2 aromatic heterocycles. The number of hydrogen-bond acceptors (Lipinski definition) is 10. The summed E-state index contributed by atoms with van der Waals surface area (Å²) >= 11 is 7.21. The zero-order chi connectivity index (χ0) is 50.5. The van der Waals surface area contributed by atoms with Gasteiger partial charge in [0.25, 0.3) is 11.8 Å². The summed E-state index contributed by atoms with van der Waals surface area (Å²) in [6.45, 7) is 14.6. The largest absolute Gasteiger partial charge is 0.493 e. The molecule has 6 aromatic rings. The normalized spacial score (nSPS) is 17.0. The highest BCUT2D eigenvalue weighted by Gasteiger charge is 2.41. The van der Waals surface area contributed by atoms with Crippen molar-refractivity contribution in [3.05, 3.63) is 111 Å². The Morgan fingerprint density at radius 3 is 2.38 bits per heavy atom. The van der Waals surface area contributed by atoms with Gasteiger partial charge < -0.3 is 28.6 Å². The SMILES string of the molecule is Cc1nn(C)c(C)c1-c1c(Cl)ccc2c(CCCOc3cccc4cc(F)ccc34)c(C(=O)OC(C)(C)C)n(CCN3CCN(C(=O)C(C)Oc4cccc5c4CN([C@@H]4CCC(=O)NC4=O)C5=O)CC3)c12. The number of carbonyl (C=O) groups excluding carboxylic acids is 5. The van der Waals surface area contributed by atoms with E-state index in [0.29, 0.717) is 92.1 Å². The number of aromatic nitrogens is 3.